The predicted molar refractivity (Wildman–Crippen MR) is 79.6 cm³/mol. The molecule has 2 N–H and O–H groups in total. The Morgan fingerprint density at radius 1 is 1.35 bits per heavy atom. The van der Waals surface area contributed by atoms with Gasteiger partial charge in [0.25, 0.3) is 0 Å². The molecule has 0 radical (unpaired) electrons. The molecule has 0 aromatic heterocycles. The summed E-state index contributed by atoms with van der Waals surface area (Å²) >= 11 is 0. The quantitative estimate of drug-likeness (QED) is 0.834. The lowest BCUT2D eigenvalue weighted by Crippen LogP contribution is -2.41. The first-order chi connectivity index (χ1) is 9.39. The van der Waals surface area contributed by atoms with Crippen LogP contribution in [-0.2, 0) is 4.74 Å². The van der Waals surface area contributed by atoms with E-state index in [1.54, 1.807) is 0 Å². The summed E-state index contributed by atoms with van der Waals surface area (Å²) < 4.78 is 5.54. The summed E-state index contributed by atoms with van der Waals surface area (Å²) in [6, 6.07) is 0.411. The first kappa shape index (κ1) is 15.6. The van der Waals surface area contributed by atoms with Crippen molar-refractivity contribution in [1.29, 1.82) is 0 Å². The third-order valence-electron chi connectivity index (χ3n) is 3.89. The van der Waals surface area contributed by atoms with Crippen LogP contribution in [0.2, 0.25) is 0 Å². The van der Waals surface area contributed by atoms with E-state index < -0.39 is 5.60 Å². The van der Waals surface area contributed by atoms with Crippen LogP contribution in [-0.4, -0.2) is 60.3 Å². The molecule has 20 heavy (non-hydrogen) atoms. The number of carbonyl (C=O) groups is 1. The van der Waals surface area contributed by atoms with Crippen molar-refractivity contribution in [2.45, 2.75) is 51.7 Å². The second-order valence-corrected chi connectivity index (χ2v) is 7.11. The van der Waals surface area contributed by atoms with E-state index >= 15 is 0 Å². The Morgan fingerprint density at radius 3 is 2.60 bits per heavy atom. The molecule has 1 aliphatic heterocycles. The highest BCUT2D eigenvalue weighted by atomic mass is 16.6. The van der Waals surface area contributed by atoms with Crippen LogP contribution >= 0.6 is 0 Å². The number of hydrogen-bond acceptors (Lipinski definition) is 4. The molecule has 1 aliphatic carbocycles. The van der Waals surface area contributed by atoms with Crippen LogP contribution in [0.4, 0.5) is 4.79 Å². The van der Waals surface area contributed by atoms with Gasteiger partial charge in [-0.1, -0.05) is 0 Å². The predicted octanol–water partition coefficient (Wildman–Crippen LogP) is 1.67. The summed E-state index contributed by atoms with van der Waals surface area (Å²) in [7, 11) is 0. The molecule has 1 heterocycles. The molecule has 1 saturated carbocycles. The van der Waals surface area contributed by atoms with Gasteiger partial charge in [0, 0.05) is 32.2 Å². The molecule has 2 fully saturated rings. The lowest BCUT2D eigenvalue weighted by Gasteiger charge is -2.29. The Morgan fingerprint density at radius 2 is 2.05 bits per heavy atom. The summed E-state index contributed by atoms with van der Waals surface area (Å²) in [5.74, 6) is 0.565. The highest BCUT2D eigenvalue weighted by molar-refractivity contribution is 5.69. The van der Waals surface area contributed by atoms with E-state index in [0.717, 1.165) is 45.4 Å². The van der Waals surface area contributed by atoms with Crippen LogP contribution in [0.1, 0.15) is 40.0 Å². The average molecular weight is 283 g/mol. The van der Waals surface area contributed by atoms with Crippen LogP contribution in [0, 0.1) is 5.92 Å². The lowest BCUT2D eigenvalue weighted by atomic mass is 10.1. The normalized spacial score (nSPS) is 23.9. The Balaban J connectivity index is 1.85. The molecule has 5 nitrogen and oxygen atoms in total. The average Bonchev–Trinajstić information content (AvgIpc) is 3.06. The Kier molecular flexibility index (Phi) is 4.91. The second-order valence-electron chi connectivity index (χ2n) is 7.11. The van der Waals surface area contributed by atoms with Gasteiger partial charge >= 0.3 is 6.09 Å². The van der Waals surface area contributed by atoms with Gasteiger partial charge in [0.2, 0.25) is 0 Å². The van der Waals surface area contributed by atoms with Crippen LogP contribution in [0.5, 0.6) is 0 Å². The molecule has 116 valence electrons. The number of nitrogens with zero attached hydrogens (tertiary/aromatic N) is 2. The third kappa shape index (κ3) is 4.63. The molecule has 1 unspecified atom stereocenters. The van der Waals surface area contributed by atoms with E-state index in [0.29, 0.717) is 18.5 Å². The van der Waals surface area contributed by atoms with Crippen molar-refractivity contribution in [1.82, 2.24) is 9.80 Å². The van der Waals surface area contributed by atoms with Gasteiger partial charge in [0.15, 0.2) is 0 Å². The molecule has 2 rings (SSSR count). The maximum atomic E-state index is 12.3. The molecule has 1 atom stereocenters. The fourth-order valence-corrected chi connectivity index (χ4v) is 2.81. The largest absolute Gasteiger partial charge is 0.444 e. The minimum absolute atomic E-state index is 0.141. The van der Waals surface area contributed by atoms with Gasteiger partial charge < -0.3 is 20.3 Å². The van der Waals surface area contributed by atoms with E-state index in [-0.39, 0.29) is 6.09 Å². The van der Waals surface area contributed by atoms with Gasteiger partial charge in [-0.25, -0.2) is 4.79 Å². The SMILES string of the molecule is CC(C)(C)OC(=O)N(CC1CCN(CCN)C1)C1CC1. The number of carbonyl (C=O) groups excluding carboxylic acids is 1. The summed E-state index contributed by atoms with van der Waals surface area (Å²) in [6.07, 6.45) is 3.26. The number of hydrogen-bond donors (Lipinski definition) is 1. The van der Waals surface area contributed by atoms with Crippen molar-refractivity contribution in [2.24, 2.45) is 11.7 Å². The minimum atomic E-state index is -0.411. The molecule has 0 aromatic carbocycles. The molecular weight excluding hydrogens is 254 g/mol. The smallest absolute Gasteiger partial charge is 0.410 e. The van der Waals surface area contributed by atoms with Gasteiger partial charge in [-0.05, 0) is 52.5 Å². The molecule has 0 spiro atoms. The van der Waals surface area contributed by atoms with Crippen molar-refractivity contribution in [3.63, 3.8) is 0 Å². The maximum absolute atomic E-state index is 12.3. The van der Waals surface area contributed by atoms with Crippen molar-refractivity contribution >= 4 is 6.09 Å². The van der Waals surface area contributed by atoms with Crippen LogP contribution in [0.25, 0.3) is 0 Å². The summed E-state index contributed by atoms with van der Waals surface area (Å²) in [5.41, 5.74) is 5.19. The van der Waals surface area contributed by atoms with E-state index in [9.17, 15) is 4.79 Å². The first-order valence-electron chi connectivity index (χ1n) is 7.81. The minimum Gasteiger partial charge on any atom is -0.444 e. The second kappa shape index (κ2) is 6.31. The number of amides is 1. The van der Waals surface area contributed by atoms with Crippen molar-refractivity contribution in [2.75, 3.05) is 32.7 Å². The van der Waals surface area contributed by atoms with E-state index in [1.165, 1.54) is 0 Å². The van der Waals surface area contributed by atoms with Gasteiger partial charge in [-0.2, -0.15) is 0 Å². The fraction of sp³-hybridized carbons (Fsp3) is 0.933. The molecule has 2 aliphatic rings. The maximum Gasteiger partial charge on any atom is 0.410 e. The van der Waals surface area contributed by atoms with Gasteiger partial charge in [0.1, 0.15) is 5.60 Å². The van der Waals surface area contributed by atoms with Crippen LogP contribution in [0.15, 0.2) is 0 Å². The number of nitrogens with two attached hydrogens (primary N) is 1. The van der Waals surface area contributed by atoms with Gasteiger partial charge in [-0.15, -0.1) is 0 Å². The zero-order valence-electron chi connectivity index (χ0n) is 13.1. The summed E-state index contributed by atoms with van der Waals surface area (Å²) in [6.45, 7) is 10.5. The monoisotopic (exact) mass is 283 g/mol. The van der Waals surface area contributed by atoms with Crippen LogP contribution < -0.4 is 5.73 Å². The van der Waals surface area contributed by atoms with Crippen molar-refractivity contribution < 1.29 is 9.53 Å². The highest BCUT2D eigenvalue weighted by Gasteiger charge is 2.37. The lowest BCUT2D eigenvalue weighted by molar-refractivity contribution is 0.0205. The Hall–Kier alpha value is -0.810. The number of likely N-dealkylation sites (tertiary alicyclic amines) is 1. The summed E-state index contributed by atoms with van der Waals surface area (Å²) in [4.78, 5) is 16.7. The molecule has 5 heteroatoms. The zero-order chi connectivity index (χ0) is 14.8. The van der Waals surface area contributed by atoms with Crippen molar-refractivity contribution in [3.8, 4) is 0 Å². The highest BCUT2D eigenvalue weighted by Crippen LogP contribution is 2.30. The van der Waals surface area contributed by atoms with Gasteiger partial charge in [-0.3, -0.25) is 0 Å². The number of ether oxygens (including phenoxy) is 1. The van der Waals surface area contributed by atoms with E-state index in [4.69, 9.17) is 10.5 Å². The van der Waals surface area contributed by atoms with E-state index in [2.05, 4.69) is 4.90 Å². The zero-order valence-corrected chi connectivity index (χ0v) is 13.1. The Bertz CT molecular complexity index is 337. The first-order valence-corrected chi connectivity index (χ1v) is 7.81. The molecule has 0 aromatic rings. The topological polar surface area (TPSA) is 58.8 Å². The fourth-order valence-electron chi connectivity index (χ4n) is 2.81. The number of rotatable bonds is 5. The van der Waals surface area contributed by atoms with Crippen molar-refractivity contribution in [3.05, 3.63) is 0 Å². The van der Waals surface area contributed by atoms with Crippen LogP contribution in [0.3, 0.4) is 0 Å². The Labute approximate surface area is 122 Å². The molecular formula is C15H29N3O2. The molecule has 1 amide bonds. The molecule has 1 saturated heterocycles. The third-order valence-corrected chi connectivity index (χ3v) is 3.89. The standard InChI is InChI=1S/C15H29N3O2/c1-15(2,3)20-14(19)18(13-4-5-13)11-12-6-8-17(10-12)9-7-16/h12-13H,4-11,16H2,1-3H3. The molecule has 0 bridgehead atoms. The summed E-state index contributed by atoms with van der Waals surface area (Å²) in [5, 5.41) is 0. The van der Waals surface area contributed by atoms with Gasteiger partial charge in [0.05, 0.1) is 0 Å². The van der Waals surface area contributed by atoms with E-state index in [1.807, 2.05) is 25.7 Å².